The van der Waals surface area contributed by atoms with Crippen molar-refractivity contribution in [2.75, 3.05) is 0 Å². The molecule has 4 rings (SSSR count). The minimum Gasteiger partial charge on any atom is -0.143 e. The first-order chi connectivity index (χ1) is 12.1. The summed E-state index contributed by atoms with van der Waals surface area (Å²) in [7, 11) is 0. The third kappa shape index (κ3) is 3.41. The van der Waals surface area contributed by atoms with Crippen LogP contribution in [0.2, 0.25) is 0 Å². The molecule has 4 heterocycles. The smallest absolute Gasteiger partial charge is 0.0449 e. The van der Waals surface area contributed by atoms with Crippen LogP contribution in [0.15, 0.2) is 53.9 Å². The average molecular weight is 401 g/mol. The van der Waals surface area contributed by atoms with Gasteiger partial charge in [-0.15, -0.1) is 45.3 Å². The van der Waals surface area contributed by atoms with E-state index in [0.717, 1.165) is 0 Å². The lowest BCUT2D eigenvalue weighted by Crippen LogP contribution is -2.12. The monoisotopic (exact) mass is 400 g/mol. The third-order valence-electron chi connectivity index (χ3n) is 4.62. The van der Waals surface area contributed by atoms with Crippen molar-refractivity contribution in [3.05, 3.63) is 58.8 Å². The highest BCUT2D eigenvalue weighted by Gasteiger charge is 2.21. The van der Waals surface area contributed by atoms with Crippen molar-refractivity contribution in [3.8, 4) is 29.3 Å². The fourth-order valence-electron chi connectivity index (χ4n) is 2.63. The van der Waals surface area contributed by atoms with Gasteiger partial charge in [-0.3, -0.25) is 0 Å². The summed E-state index contributed by atoms with van der Waals surface area (Å²) in [4.78, 5) is 9.71. The standard InChI is InChI=1S/C21H20S4/c1-4-21(2,3)20-12-11-19(25-20)18-10-9-17(24-18)16-8-7-15(23-16)14-6-5-13-22-14/h5-13H,4H2,1-3H3. The van der Waals surface area contributed by atoms with E-state index in [1.165, 1.54) is 40.6 Å². The van der Waals surface area contributed by atoms with Crippen LogP contribution in [0, 0.1) is 0 Å². The molecule has 4 heteroatoms. The summed E-state index contributed by atoms with van der Waals surface area (Å²) < 4.78 is 0. The van der Waals surface area contributed by atoms with Crippen LogP contribution in [0.25, 0.3) is 29.3 Å². The van der Waals surface area contributed by atoms with Crippen LogP contribution in [-0.4, -0.2) is 0 Å². The van der Waals surface area contributed by atoms with Gasteiger partial charge in [-0.05, 0) is 59.7 Å². The van der Waals surface area contributed by atoms with Crippen LogP contribution < -0.4 is 0 Å². The normalized spacial score (nSPS) is 12.0. The minimum atomic E-state index is 0.270. The molecule has 0 spiro atoms. The summed E-state index contributed by atoms with van der Waals surface area (Å²) in [5, 5.41) is 2.14. The Hall–Kier alpha value is -1.20. The molecule has 0 bridgehead atoms. The third-order valence-corrected chi connectivity index (χ3v) is 9.70. The Bertz CT molecular complexity index is 963. The Balaban J connectivity index is 1.61. The van der Waals surface area contributed by atoms with Crippen molar-refractivity contribution in [3.63, 3.8) is 0 Å². The van der Waals surface area contributed by atoms with E-state index in [1.807, 2.05) is 45.3 Å². The largest absolute Gasteiger partial charge is 0.143 e. The average Bonchev–Trinajstić information content (AvgIpc) is 3.41. The molecule has 0 aromatic carbocycles. The molecular formula is C21H20S4. The second kappa shape index (κ2) is 6.84. The van der Waals surface area contributed by atoms with Crippen LogP contribution in [-0.2, 0) is 5.41 Å². The number of thiophene rings is 4. The summed E-state index contributed by atoms with van der Waals surface area (Å²) in [6, 6.07) is 18.0. The second-order valence-corrected chi connectivity index (χ2v) is 10.9. The minimum absolute atomic E-state index is 0.270. The molecular weight excluding hydrogens is 380 g/mol. The van der Waals surface area contributed by atoms with E-state index in [-0.39, 0.29) is 5.41 Å². The van der Waals surface area contributed by atoms with E-state index in [4.69, 9.17) is 0 Å². The molecule has 4 aromatic heterocycles. The van der Waals surface area contributed by atoms with Gasteiger partial charge in [0.1, 0.15) is 0 Å². The maximum Gasteiger partial charge on any atom is 0.0449 e. The van der Waals surface area contributed by atoms with Crippen molar-refractivity contribution in [1.29, 1.82) is 0 Å². The van der Waals surface area contributed by atoms with Crippen molar-refractivity contribution >= 4 is 45.3 Å². The zero-order chi connectivity index (χ0) is 17.4. The first kappa shape index (κ1) is 17.2. The lowest BCUT2D eigenvalue weighted by Gasteiger charge is -2.20. The van der Waals surface area contributed by atoms with Gasteiger partial charge in [-0.1, -0.05) is 26.8 Å². The number of rotatable bonds is 5. The van der Waals surface area contributed by atoms with Crippen LogP contribution in [0.5, 0.6) is 0 Å². The van der Waals surface area contributed by atoms with Crippen molar-refractivity contribution < 1.29 is 0 Å². The molecule has 4 aromatic rings. The van der Waals surface area contributed by atoms with Crippen molar-refractivity contribution in [2.24, 2.45) is 0 Å². The van der Waals surface area contributed by atoms with E-state index in [9.17, 15) is 0 Å². The Morgan fingerprint density at radius 1 is 0.680 bits per heavy atom. The van der Waals surface area contributed by atoms with Crippen LogP contribution in [0.3, 0.4) is 0 Å². The molecule has 0 aliphatic rings. The summed E-state index contributed by atoms with van der Waals surface area (Å²) in [5.41, 5.74) is 0.270. The Morgan fingerprint density at radius 2 is 1.20 bits per heavy atom. The van der Waals surface area contributed by atoms with Crippen LogP contribution in [0.1, 0.15) is 32.1 Å². The predicted molar refractivity (Wildman–Crippen MR) is 118 cm³/mol. The zero-order valence-corrected chi connectivity index (χ0v) is 17.8. The zero-order valence-electron chi connectivity index (χ0n) is 14.5. The fourth-order valence-corrected chi connectivity index (χ4v) is 6.84. The SMILES string of the molecule is CCC(C)(C)c1ccc(-c2ccc(-c3ccc(-c4cccs4)s3)s2)s1. The van der Waals surface area contributed by atoms with Gasteiger partial charge >= 0.3 is 0 Å². The van der Waals surface area contributed by atoms with Gasteiger partial charge in [-0.25, -0.2) is 0 Å². The molecule has 0 unspecified atom stereocenters. The van der Waals surface area contributed by atoms with Gasteiger partial charge in [0.25, 0.3) is 0 Å². The molecule has 0 fully saturated rings. The molecule has 0 amide bonds. The van der Waals surface area contributed by atoms with Crippen molar-refractivity contribution in [2.45, 2.75) is 32.6 Å². The van der Waals surface area contributed by atoms with E-state index >= 15 is 0 Å². The van der Waals surface area contributed by atoms with Gasteiger partial charge in [0.05, 0.1) is 0 Å². The molecule has 25 heavy (non-hydrogen) atoms. The van der Waals surface area contributed by atoms with E-state index < -0.39 is 0 Å². The lowest BCUT2D eigenvalue weighted by molar-refractivity contribution is 0.517. The summed E-state index contributed by atoms with van der Waals surface area (Å²) >= 11 is 7.55. The number of hydrogen-bond acceptors (Lipinski definition) is 4. The van der Waals surface area contributed by atoms with E-state index in [0.29, 0.717) is 0 Å². The summed E-state index contributed by atoms with van der Waals surface area (Å²) in [6.45, 7) is 6.94. The molecule has 0 aliphatic carbocycles. The van der Waals surface area contributed by atoms with Gasteiger partial charge < -0.3 is 0 Å². The predicted octanol–water partition coefficient (Wildman–Crippen LogP) is 8.62. The molecule has 0 nitrogen and oxygen atoms in total. The Kier molecular flexibility index (Phi) is 4.71. The maximum atomic E-state index is 2.33. The van der Waals surface area contributed by atoms with Crippen LogP contribution in [0.4, 0.5) is 0 Å². The summed E-state index contributed by atoms with van der Waals surface area (Å²) in [6.07, 6.45) is 1.17. The fraction of sp³-hybridized carbons (Fsp3) is 0.238. The summed E-state index contributed by atoms with van der Waals surface area (Å²) in [5.74, 6) is 0. The quantitative estimate of drug-likeness (QED) is 0.314. The Labute approximate surface area is 165 Å². The molecule has 0 atom stereocenters. The molecule has 0 saturated heterocycles. The van der Waals surface area contributed by atoms with E-state index in [2.05, 4.69) is 74.7 Å². The molecule has 0 N–H and O–H groups in total. The van der Waals surface area contributed by atoms with Gasteiger partial charge in [0.15, 0.2) is 0 Å². The first-order valence-electron chi connectivity index (χ1n) is 8.41. The lowest BCUT2D eigenvalue weighted by atomic mass is 9.89. The van der Waals surface area contributed by atoms with Crippen LogP contribution >= 0.6 is 45.3 Å². The molecule has 128 valence electrons. The topological polar surface area (TPSA) is 0 Å². The first-order valence-corrected chi connectivity index (χ1v) is 11.7. The second-order valence-electron chi connectivity index (χ2n) is 6.71. The number of hydrogen-bond donors (Lipinski definition) is 0. The van der Waals surface area contributed by atoms with Gasteiger partial charge in [0.2, 0.25) is 0 Å². The molecule has 0 radical (unpaired) electrons. The van der Waals surface area contributed by atoms with Gasteiger partial charge in [-0.2, -0.15) is 0 Å². The van der Waals surface area contributed by atoms with Crippen molar-refractivity contribution in [1.82, 2.24) is 0 Å². The highest BCUT2D eigenvalue weighted by molar-refractivity contribution is 7.28. The maximum absolute atomic E-state index is 2.33. The highest BCUT2D eigenvalue weighted by atomic mass is 32.1. The van der Waals surface area contributed by atoms with E-state index in [1.54, 1.807) is 0 Å². The highest BCUT2D eigenvalue weighted by Crippen LogP contribution is 2.44. The Morgan fingerprint density at radius 3 is 1.72 bits per heavy atom. The molecule has 0 aliphatic heterocycles. The molecule has 0 saturated carbocycles. The van der Waals surface area contributed by atoms with Gasteiger partial charge in [0, 0.05) is 34.1 Å².